The van der Waals surface area contributed by atoms with Crippen LogP contribution in [0.5, 0.6) is 0 Å². The van der Waals surface area contributed by atoms with Crippen LogP contribution in [0.4, 0.5) is 0 Å². The summed E-state index contributed by atoms with van der Waals surface area (Å²) in [5.74, 6) is -0.0799. The number of H-pyrrole nitrogens is 1. The first-order chi connectivity index (χ1) is 10.1. The summed E-state index contributed by atoms with van der Waals surface area (Å²) in [7, 11) is 0. The van der Waals surface area contributed by atoms with Gasteiger partial charge in [0.15, 0.2) is 0 Å². The van der Waals surface area contributed by atoms with Crippen molar-refractivity contribution in [2.75, 3.05) is 13.1 Å². The SMILES string of the molecule is CC(=O)NCCNC(=O)CCc1c(C)[nH]c2ccccc12. The van der Waals surface area contributed by atoms with Gasteiger partial charge in [0, 0.05) is 43.0 Å². The van der Waals surface area contributed by atoms with Crippen molar-refractivity contribution in [2.45, 2.75) is 26.7 Å². The van der Waals surface area contributed by atoms with Crippen molar-refractivity contribution < 1.29 is 9.59 Å². The Morgan fingerprint density at radius 1 is 1.14 bits per heavy atom. The molecule has 1 heterocycles. The van der Waals surface area contributed by atoms with Crippen LogP contribution in [0.25, 0.3) is 10.9 Å². The third-order valence-electron chi connectivity index (χ3n) is 3.45. The second kappa shape index (κ2) is 6.92. The van der Waals surface area contributed by atoms with Gasteiger partial charge in [0.25, 0.3) is 0 Å². The summed E-state index contributed by atoms with van der Waals surface area (Å²) in [5, 5.41) is 6.63. The van der Waals surface area contributed by atoms with Gasteiger partial charge in [-0.2, -0.15) is 0 Å². The van der Waals surface area contributed by atoms with Crippen LogP contribution in [0.3, 0.4) is 0 Å². The molecule has 0 saturated carbocycles. The number of aromatic amines is 1. The van der Waals surface area contributed by atoms with Gasteiger partial charge in [-0.3, -0.25) is 9.59 Å². The standard InChI is InChI=1S/C16H21N3O2/c1-11-13(14-5-3-4-6-15(14)19-11)7-8-16(21)18-10-9-17-12(2)20/h3-6,19H,7-10H2,1-2H3,(H,17,20)(H,18,21). The highest BCUT2D eigenvalue weighted by molar-refractivity contribution is 5.85. The molecule has 2 amide bonds. The predicted octanol–water partition coefficient (Wildman–Crippen LogP) is 1.66. The highest BCUT2D eigenvalue weighted by Crippen LogP contribution is 2.22. The normalized spacial score (nSPS) is 10.6. The van der Waals surface area contributed by atoms with E-state index >= 15 is 0 Å². The van der Waals surface area contributed by atoms with E-state index in [4.69, 9.17) is 0 Å². The average molecular weight is 287 g/mol. The number of carbonyl (C=O) groups excluding carboxylic acids is 2. The molecule has 5 nitrogen and oxygen atoms in total. The van der Waals surface area contributed by atoms with Crippen LogP contribution in [0.1, 0.15) is 24.6 Å². The number of benzene rings is 1. The lowest BCUT2D eigenvalue weighted by Gasteiger charge is -2.06. The number of hydrogen-bond acceptors (Lipinski definition) is 2. The Kier molecular flexibility index (Phi) is 4.98. The molecule has 0 radical (unpaired) electrons. The van der Waals surface area contributed by atoms with Gasteiger partial charge in [0.1, 0.15) is 0 Å². The monoisotopic (exact) mass is 287 g/mol. The summed E-state index contributed by atoms with van der Waals surface area (Å²) in [5.41, 5.74) is 3.42. The molecule has 0 unspecified atom stereocenters. The molecule has 0 aliphatic heterocycles. The van der Waals surface area contributed by atoms with Crippen LogP contribution in [0.2, 0.25) is 0 Å². The van der Waals surface area contributed by atoms with Gasteiger partial charge in [-0.1, -0.05) is 18.2 Å². The molecule has 1 aromatic heterocycles. The summed E-state index contributed by atoms with van der Waals surface area (Å²) in [6, 6.07) is 8.12. The Morgan fingerprint density at radius 3 is 2.62 bits per heavy atom. The van der Waals surface area contributed by atoms with Crippen LogP contribution in [0.15, 0.2) is 24.3 Å². The van der Waals surface area contributed by atoms with Gasteiger partial charge in [-0.05, 0) is 25.0 Å². The first kappa shape index (κ1) is 15.1. The van der Waals surface area contributed by atoms with Crippen molar-refractivity contribution in [3.63, 3.8) is 0 Å². The molecule has 2 aromatic rings. The Bertz CT molecular complexity index is 646. The predicted molar refractivity (Wildman–Crippen MR) is 83.1 cm³/mol. The molecule has 2 rings (SSSR count). The van der Waals surface area contributed by atoms with Gasteiger partial charge in [0.2, 0.25) is 11.8 Å². The van der Waals surface area contributed by atoms with Gasteiger partial charge in [0.05, 0.1) is 0 Å². The Morgan fingerprint density at radius 2 is 1.86 bits per heavy atom. The molecule has 112 valence electrons. The lowest BCUT2D eigenvalue weighted by atomic mass is 10.1. The molecule has 0 fully saturated rings. The Hall–Kier alpha value is -2.30. The minimum absolute atomic E-state index is 0.00466. The van der Waals surface area contributed by atoms with Crippen LogP contribution >= 0.6 is 0 Å². The van der Waals surface area contributed by atoms with E-state index in [1.165, 1.54) is 17.9 Å². The number of carbonyl (C=O) groups is 2. The number of hydrogen-bond donors (Lipinski definition) is 3. The fraction of sp³-hybridized carbons (Fsp3) is 0.375. The molecule has 0 aliphatic carbocycles. The molecular formula is C16H21N3O2. The van der Waals surface area contributed by atoms with Gasteiger partial charge in [-0.25, -0.2) is 0 Å². The minimum Gasteiger partial charge on any atom is -0.358 e. The van der Waals surface area contributed by atoms with Crippen molar-refractivity contribution in [3.8, 4) is 0 Å². The molecule has 5 heteroatoms. The fourth-order valence-electron chi connectivity index (χ4n) is 2.42. The van der Waals surface area contributed by atoms with E-state index in [0.717, 1.165) is 11.2 Å². The van der Waals surface area contributed by atoms with Crippen molar-refractivity contribution in [2.24, 2.45) is 0 Å². The average Bonchev–Trinajstić information content (AvgIpc) is 2.76. The van der Waals surface area contributed by atoms with E-state index in [1.54, 1.807) is 0 Å². The highest BCUT2D eigenvalue weighted by atomic mass is 16.2. The molecule has 1 aromatic carbocycles. The van der Waals surface area contributed by atoms with E-state index in [0.29, 0.717) is 25.9 Å². The number of amides is 2. The maximum atomic E-state index is 11.8. The summed E-state index contributed by atoms with van der Waals surface area (Å²) in [4.78, 5) is 25.8. The summed E-state index contributed by atoms with van der Waals surface area (Å²) >= 11 is 0. The smallest absolute Gasteiger partial charge is 0.220 e. The van der Waals surface area contributed by atoms with Crippen LogP contribution in [-0.2, 0) is 16.0 Å². The third-order valence-corrected chi connectivity index (χ3v) is 3.45. The van der Waals surface area contributed by atoms with Crippen molar-refractivity contribution in [3.05, 3.63) is 35.5 Å². The van der Waals surface area contributed by atoms with Gasteiger partial charge >= 0.3 is 0 Å². The Labute approximate surface area is 124 Å². The second-order valence-corrected chi connectivity index (χ2v) is 5.11. The highest BCUT2D eigenvalue weighted by Gasteiger charge is 2.09. The number of fused-ring (bicyclic) bond motifs is 1. The maximum Gasteiger partial charge on any atom is 0.220 e. The zero-order valence-corrected chi connectivity index (χ0v) is 12.5. The molecular weight excluding hydrogens is 266 g/mol. The maximum absolute atomic E-state index is 11.8. The first-order valence-corrected chi connectivity index (χ1v) is 7.15. The minimum atomic E-state index is -0.0846. The van der Waals surface area contributed by atoms with Crippen molar-refractivity contribution in [1.82, 2.24) is 15.6 Å². The number of aromatic nitrogens is 1. The lowest BCUT2D eigenvalue weighted by molar-refractivity contribution is -0.122. The van der Waals surface area contributed by atoms with E-state index < -0.39 is 0 Å². The quantitative estimate of drug-likeness (QED) is 0.707. The molecule has 0 aliphatic rings. The molecule has 0 saturated heterocycles. The lowest BCUT2D eigenvalue weighted by Crippen LogP contribution is -2.33. The topological polar surface area (TPSA) is 74.0 Å². The molecule has 0 bridgehead atoms. The van der Waals surface area contributed by atoms with Crippen molar-refractivity contribution >= 4 is 22.7 Å². The third kappa shape index (κ3) is 4.08. The van der Waals surface area contributed by atoms with Crippen LogP contribution in [0, 0.1) is 6.92 Å². The van der Waals surface area contributed by atoms with Gasteiger partial charge in [-0.15, -0.1) is 0 Å². The number of aryl methyl sites for hydroxylation is 2. The Balaban J connectivity index is 1.85. The fourth-order valence-corrected chi connectivity index (χ4v) is 2.42. The van der Waals surface area contributed by atoms with Crippen LogP contribution < -0.4 is 10.6 Å². The molecule has 0 atom stereocenters. The molecule has 3 N–H and O–H groups in total. The number of rotatable bonds is 6. The van der Waals surface area contributed by atoms with Crippen LogP contribution in [-0.4, -0.2) is 29.9 Å². The summed E-state index contributed by atoms with van der Waals surface area (Å²) in [6.07, 6.45) is 1.16. The van der Waals surface area contributed by atoms with E-state index in [1.807, 2.05) is 25.1 Å². The zero-order chi connectivity index (χ0) is 15.2. The zero-order valence-electron chi connectivity index (χ0n) is 12.5. The molecule has 21 heavy (non-hydrogen) atoms. The second-order valence-electron chi connectivity index (χ2n) is 5.11. The van der Waals surface area contributed by atoms with Gasteiger partial charge < -0.3 is 15.6 Å². The van der Waals surface area contributed by atoms with E-state index in [2.05, 4.69) is 21.7 Å². The largest absolute Gasteiger partial charge is 0.358 e. The van der Waals surface area contributed by atoms with E-state index in [9.17, 15) is 9.59 Å². The molecule has 0 spiro atoms. The number of nitrogens with one attached hydrogen (secondary N) is 3. The summed E-state index contributed by atoms with van der Waals surface area (Å²) in [6.45, 7) is 4.42. The van der Waals surface area contributed by atoms with Crippen molar-refractivity contribution in [1.29, 1.82) is 0 Å². The van der Waals surface area contributed by atoms with E-state index in [-0.39, 0.29) is 11.8 Å². The summed E-state index contributed by atoms with van der Waals surface area (Å²) < 4.78 is 0. The number of para-hydroxylation sites is 1. The first-order valence-electron chi connectivity index (χ1n) is 7.15.